The summed E-state index contributed by atoms with van der Waals surface area (Å²) >= 11 is 0. The molecule has 0 aliphatic carbocycles. The van der Waals surface area contributed by atoms with Gasteiger partial charge in [-0.2, -0.15) is 0 Å². The molecule has 2 aliphatic rings. The highest BCUT2D eigenvalue weighted by Crippen LogP contribution is 2.36. The number of carbonyl (C=O) groups is 1. The van der Waals surface area contributed by atoms with Crippen LogP contribution in [0.5, 0.6) is 11.5 Å². The number of amides is 1. The van der Waals surface area contributed by atoms with E-state index in [1.165, 1.54) is 34.0 Å². The Bertz CT molecular complexity index is 1270. The summed E-state index contributed by atoms with van der Waals surface area (Å²) in [6.45, 7) is 0.758. The Kier molecular flexibility index (Phi) is 4.89. The average molecular weight is 433 g/mol. The zero-order valence-electron chi connectivity index (χ0n) is 17.0. The molecule has 2 aromatic carbocycles. The van der Waals surface area contributed by atoms with Gasteiger partial charge in [-0.15, -0.1) is 0 Å². The molecule has 2 bridgehead atoms. The molecule has 162 valence electrons. The predicted octanol–water partition coefficient (Wildman–Crippen LogP) is 2.78. The Morgan fingerprint density at radius 3 is 2.59 bits per heavy atom. The first kappa shape index (κ1) is 19.9. The second-order valence-electron chi connectivity index (χ2n) is 7.60. The SMILES string of the molecule is O=C1c2c(O)c(=O)ccn2N2CN1C/C=C\COc1ccccc1[C@H]2c1ccc(F)cc1. The molecule has 0 unspecified atom stereocenters. The highest BCUT2D eigenvalue weighted by molar-refractivity contribution is 5.96. The van der Waals surface area contributed by atoms with E-state index in [4.69, 9.17) is 4.74 Å². The van der Waals surface area contributed by atoms with Crippen LogP contribution in [0.1, 0.15) is 27.7 Å². The lowest BCUT2D eigenvalue weighted by molar-refractivity contribution is 0.0701. The smallest absolute Gasteiger partial charge is 0.278 e. The number of hydrogen-bond donors (Lipinski definition) is 1. The molecule has 2 aliphatic heterocycles. The first-order valence-electron chi connectivity index (χ1n) is 10.2. The Morgan fingerprint density at radius 2 is 1.78 bits per heavy atom. The summed E-state index contributed by atoms with van der Waals surface area (Å²) in [5.74, 6) is -0.777. The molecular formula is C24H20FN3O4. The predicted molar refractivity (Wildman–Crippen MR) is 116 cm³/mol. The molecule has 32 heavy (non-hydrogen) atoms. The van der Waals surface area contributed by atoms with Gasteiger partial charge in [0, 0.05) is 24.4 Å². The summed E-state index contributed by atoms with van der Waals surface area (Å²) in [7, 11) is 0. The van der Waals surface area contributed by atoms with Gasteiger partial charge in [0.1, 0.15) is 30.9 Å². The minimum absolute atomic E-state index is 0.109. The molecule has 3 heterocycles. The van der Waals surface area contributed by atoms with Crippen molar-refractivity contribution in [2.45, 2.75) is 6.04 Å². The fourth-order valence-electron chi connectivity index (χ4n) is 4.14. The standard InChI is InChI=1S/C24H20FN3O4/c25-17-9-7-16(8-10-17)21-18-5-1-2-6-20(18)32-14-4-3-12-26-15-28(21)27-13-11-19(29)23(30)22(27)24(26)31/h1-11,13,21,30H,12,14-15H2/b4-3-/t21-/m1/s1. The fourth-order valence-corrected chi connectivity index (χ4v) is 4.14. The maximum atomic E-state index is 13.7. The van der Waals surface area contributed by atoms with E-state index in [0.717, 1.165) is 11.1 Å². The zero-order valence-corrected chi connectivity index (χ0v) is 17.0. The number of pyridine rings is 1. The lowest BCUT2D eigenvalue weighted by Crippen LogP contribution is -2.55. The summed E-state index contributed by atoms with van der Waals surface area (Å²) < 4.78 is 21.2. The number of aromatic nitrogens is 1. The van der Waals surface area contributed by atoms with Crippen molar-refractivity contribution in [1.29, 1.82) is 0 Å². The third kappa shape index (κ3) is 3.30. The van der Waals surface area contributed by atoms with Gasteiger partial charge in [0.05, 0.1) is 0 Å². The van der Waals surface area contributed by atoms with Crippen molar-refractivity contribution >= 4 is 5.91 Å². The van der Waals surface area contributed by atoms with Gasteiger partial charge in [-0.1, -0.05) is 36.4 Å². The van der Waals surface area contributed by atoms with Gasteiger partial charge in [0.25, 0.3) is 5.91 Å². The largest absolute Gasteiger partial charge is 0.502 e. The molecule has 1 amide bonds. The summed E-state index contributed by atoms with van der Waals surface area (Å²) in [5, 5.41) is 12.4. The first-order chi connectivity index (χ1) is 15.5. The minimum atomic E-state index is -0.631. The number of carbonyl (C=O) groups excluding carboxylic acids is 1. The van der Waals surface area contributed by atoms with E-state index in [1.54, 1.807) is 12.1 Å². The summed E-state index contributed by atoms with van der Waals surface area (Å²) in [6.07, 6.45) is 5.10. The van der Waals surface area contributed by atoms with Crippen LogP contribution >= 0.6 is 0 Å². The van der Waals surface area contributed by atoms with E-state index in [-0.39, 0.29) is 24.7 Å². The van der Waals surface area contributed by atoms with Crippen LogP contribution < -0.4 is 15.2 Å². The minimum Gasteiger partial charge on any atom is -0.502 e. The molecule has 5 rings (SSSR count). The molecule has 0 saturated heterocycles. The maximum Gasteiger partial charge on any atom is 0.278 e. The topological polar surface area (TPSA) is 75.0 Å². The molecular weight excluding hydrogens is 413 g/mol. The quantitative estimate of drug-likeness (QED) is 0.598. The highest BCUT2D eigenvalue weighted by Gasteiger charge is 2.37. The lowest BCUT2D eigenvalue weighted by atomic mass is 9.97. The molecule has 3 aromatic rings. The van der Waals surface area contributed by atoms with Gasteiger partial charge in [-0.05, 0) is 29.8 Å². The number of halogens is 1. The van der Waals surface area contributed by atoms with Crippen molar-refractivity contribution in [1.82, 2.24) is 9.58 Å². The Hall–Kier alpha value is -4.07. The molecule has 0 spiro atoms. The number of ether oxygens (including phenoxy) is 1. The molecule has 1 atom stereocenters. The molecule has 0 radical (unpaired) electrons. The van der Waals surface area contributed by atoms with E-state index in [0.29, 0.717) is 12.4 Å². The number of rotatable bonds is 1. The Balaban J connectivity index is 1.79. The number of aromatic hydroxyl groups is 1. The number of benzene rings is 2. The highest BCUT2D eigenvalue weighted by atomic mass is 19.1. The van der Waals surface area contributed by atoms with E-state index in [9.17, 15) is 19.1 Å². The van der Waals surface area contributed by atoms with Gasteiger partial charge >= 0.3 is 0 Å². The molecule has 1 N–H and O–H groups in total. The van der Waals surface area contributed by atoms with Crippen LogP contribution in [-0.4, -0.2) is 40.4 Å². The van der Waals surface area contributed by atoms with Crippen molar-refractivity contribution in [3.8, 4) is 11.5 Å². The third-order valence-electron chi connectivity index (χ3n) is 5.66. The van der Waals surface area contributed by atoms with Crippen LogP contribution in [0.25, 0.3) is 0 Å². The summed E-state index contributed by atoms with van der Waals surface area (Å²) in [5.41, 5.74) is 0.816. The van der Waals surface area contributed by atoms with Gasteiger partial charge in [0.15, 0.2) is 11.4 Å². The van der Waals surface area contributed by atoms with Crippen LogP contribution in [0.4, 0.5) is 4.39 Å². The van der Waals surface area contributed by atoms with E-state index >= 15 is 0 Å². The molecule has 0 saturated carbocycles. The van der Waals surface area contributed by atoms with E-state index in [2.05, 4.69) is 0 Å². The van der Waals surface area contributed by atoms with Crippen LogP contribution in [0, 0.1) is 5.82 Å². The zero-order chi connectivity index (χ0) is 22.2. The van der Waals surface area contributed by atoms with Crippen molar-refractivity contribution < 1.29 is 19.0 Å². The monoisotopic (exact) mass is 433 g/mol. The van der Waals surface area contributed by atoms with E-state index in [1.807, 2.05) is 41.4 Å². The van der Waals surface area contributed by atoms with Crippen LogP contribution in [0.2, 0.25) is 0 Å². The van der Waals surface area contributed by atoms with Crippen LogP contribution in [-0.2, 0) is 0 Å². The van der Waals surface area contributed by atoms with Gasteiger partial charge in [-0.3, -0.25) is 19.3 Å². The van der Waals surface area contributed by atoms with Gasteiger partial charge in [0.2, 0.25) is 5.43 Å². The summed E-state index contributed by atoms with van der Waals surface area (Å²) in [4.78, 5) is 26.8. The number of hydrogen-bond acceptors (Lipinski definition) is 5. The van der Waals surface area contributed by atoms with Crippen molar-refractivity contribution in [3.63, 3.8) is 0 Å². The Morgan fingerprint density at radius 1 is 1.00 bits per heavy atom. The van der Waals surface area contributed by atoms with E-state index < -0.39 is 23.1 Å². The maximum absolute atomic E-state index is 13.7. The normalized spacial score (nSPS) is 18.8. The Labute approximate surface area is 183 Å². The number of nitrogens with zero attached hydrogens (tertiary/aromatic N) is 3. The second kappa shape index (κ2) is 7.88. The second-order valence-corrected chi connectivity index (χ2v) is 7.60. The molecule has 1 aromatic heterocycles. The first-order valence-corrected chi connectivity index (χ1v) is 10.2. The van der Waals surface area contributed by atoms with Crippen molar-refractivity contribution in [2.75, 3.05) is 24.8 Å². The average Bonchev–Trinajstić information content (AvgIpc) is 2.83. The van der Waals surface area contributed by atoms with Crippen molar-refractivity contribution in [3.05, 3.63) is 106 Å². The van der Waals surface area contributed by atoms with Crippen LogP contribution in [0.15, 0.2) is 77.7 Å². The van der Waals surface area contributed by atoms with Crippen molar-refractivity contribution in [2.24, 2.45) is 0 Å². The lowest BCUT2D eigenvalue weighted by Gasteiger charge is -2.43. The molecule has 7 nitrogen and oxygen atoms in total. The van der Waals surface area contributed by atoms with Gasteiger partial charge in [-0.25, -0.2) is 4.39 Å². The molecule has 0 fully saturated rings. The van der Waals surface area contributed by atoms with Gasteiger partial charge < -0.3 is 14.7 Å². The summed E-state index contributed by atoms with van der Waals surface area (Å²) in [6, 6.07) is 14.3. The fraction of sp³-hybridized carbons (Fsp3) is 0.167. The number of fused-ring (bicyclic) bond motifs is 5. The third-order valence-corrected chi connectivity index (χ3v) is 5.66. The number of para-hydroxylation sites is 1. The molecule has 8 heteroatoms. The van der Waals surface area contributed by atoms with Crippen LogP contribution in [0.3, 0.4) is 0 Å².